The molecule has 0 radical (unpaired) electrons. The van der Waals surface area contributed by atoms with E-state index >= 15 is 0 Å². The molecule has 0 unspecified atom stereocenters. The van der Waals surface area contributed by atoms with Crippen LogP contribution in [0.3, 0.4) is 0 Å². The zero-order valence-corrected chi connectivity index (χ0v) is 13.6. The van der Waals surface area contributed by atoms with Gasteiger partial charge in [-0.15, -0.1) is 0 Å². The van der Waals surface area contributed by atoms with Gasteiger partial charge < -0.3 is 10.6 Å². The molecule has 6 heteroatoms. The zero-order chi connectivity index (χ0) is 16.3. The average molecular weight is 341 g/mol. The van der Waals surface area contributed by atoms with Gasteiger partial charge in [-0.25, -0.2) is 9.18 Å². The van der Waals surface area contributed by atoms with Crippen molar-refractivity contribution in [3.05, 3.63) is 63.9 Å². The Morgan fingerprint density at radius 3 is 2.36 bits per heavy atom. The van der Waals surface area contributed by atoms with E-state index in [0.29, 0.717) is 15.7 Å². The van der Waals surface area contributed by atoms with Crippen LogP contribution in [0.2, 0.25) is 10.0 Å². The second kappa shape index (κ2) is 6.55. The number of benzene rings is 2. The monoisotopic (exact) mass is 340 g/mol. The second-order valence-electron chi connectivity index (χ2n) is 5.34. The number of hydrogen-bond acceptors (Lipinski definition) is 1. The van der Waals surface area contributed by atoms with Gasteiger partial charge in [-0.3, -0.25) is 0 Å². The summed E-state index contributed by atoms with van der Waals surface area (Å²) in [5.74, 6) is -0.324. The molecule has 116 valence electrons. The molecule has 0 spiro atoms. The van der Waals surface area contributed by atoms with Crippen molar-refractivity contribution in [1.29, 1.82) is 0 Å². The molecule has 22 heavy (non-hydrogen) atoms. The Morgan fingerprint density at radius 1 is 1.09 bits per heavy atom. The Hall–Kier alpha value is -1.78. The van der Waals surface area contributed by atoms with Gasteiger partial charge in [0.1, 0.15) is 5.82 Å². The van der Waals surface area contributed by atoms with Gasteiger partial charge in [0.15, 0.2) is 0 Å². The number of carbonyl (C=O) groups excluding carboxylic acids is 1. The lowest BCUT2D eigenvalue weighted by Crippen LogP contribution is -2.43. The third kappa shape index (κ3) is 4.12. The molecule has 2 aromatic rings. The third-order valence-corrected chi connectivity index (χ3v) is 3.73. The number of rotatable bonds is 3. The van der Waals surface area contributed by atoms with E-state index < -0.39 is 11.6 Å². The van der Waals surface area contributed by atoms with Crippen molar-refractivity contribution in [2.75, 3.05) is 5.32 Å². The first kappa shape index (κ1) is 16.6. The van der Waals surface area contributed by atoms with Crippen molar-refractivity contribution in [2.45, 2.75) is 19.4 Å². The van der Waals surface area contributed by atoms with Gasteiger partial charge in [0.05, 0.1) is 16.2 Å². The molecule has 0 aliphatic heterocycles. The largest absolute Gasteiger partial charge is 0.329 e. The van der Waals surface area contributed by atoms with Crippen LogP contribution in [0.4, 0.5) is 14.9 Å². The fraction of sp³-hybridized carbons (Fsp3) is 0.188. The minimum Gasteiger partial charge on any atom is -0.329 e. The Kier molecular flexibility index (Phi) is 4.94. The topological polar surface area (TPSA) is 41.1 Å². The molecule has 0 fully saturated rings. The van der Waals surface area contributed by atoms with Crippen molar-refractivity contribution >= 4 is 34.9 Å². The fourth-order valence-corrected chi connectivity index (χ4v) is 2.31. The van der Waals surface area contributed by atoms with Crippen LogP contribution in [-0.2, 0) is 5.54 Å². The molecule has 0 aliphatic rings. The summed E-state index contributed by atoms with van der Waals surface area (Å²) in [7, 11) is 0. The highest BCUT2D eigenvalue weighted by Gasteiger charge is 2.23. The van der Waals surface area contributed by atoms with Crippen LogP contribution in [0.1, 0.15) is 19.4 Å². The van der Waals surface area contributed by atoms with Crippen LogP contribution in [0.5, 0.6) is 0 Å². The van der Waals surface area contributed by atoms with Crippen LogP contribution in [0.25, 0.3) is 0 Å². The first-order valence-corrected chi connectivity index (χ1v) is 7.34. The zero-order valence-electron chi connectivity index (χ0n) is 12.1. The Morgan fingerprint density at radius 2 is 1.73 bits per heavy atom. The summed E-state index contributed by atoms with van der Waals surface area (Å²) in [4.78, 5) is 12.1. The first-order valence-electron chi connectivity index (χ1n) is 6.58. The standard InChI is InChI=1S/C16H15Cl2FN2O/c1-16(2,10-3-6-12(19)7-4-10)21-15(22)20-14-9-11(17)5-8-13(14)18/h3-9H,1-2H3,(H2,20,21,22). The normalized spacial score (nSPS) is 11.1. The molecule has 2 rings (SSSR count). The molecular weight excluding hydrogens is 326 g/mol. The van der Waals surface area contributed by atoms with E-state index in [-0.39, 0.29) is 5.82 Å². The first-order chi connectivity index (χ1) is 10.3. The van der Waals surface area contributed by atoms with Crippen LogP contribution in [0, 0.1) is 5.82 Å². The number of hydrogen-bond donors (Lipinski definition) is 2. The maximum absolute atomic E-state index is 13.0. The summed E-state index contributed by atoms with van der Waals surface area (Å²) in [6.07, 6.45) is 0. The SMILES string of the molecule is CC(C)(NC(=O)Nc1cc(Cl)ccc1Cl)c1ccc(F)cc1. The third-order valence-electron chi connectivity index (χ3n) is 3.17. The summed E-state index contributed by atoms with van der Waals surface area (Å²) in [5, 5.41) is 6.32. The summed E-state index contributed by atoms with van der Waals surface area (Å²) >= 11 is 11.9. The van der Waals surface area contributed by atoms with Crippen molar-refractivity contribution in [2.24, 2.45) is 0 Å². The van der Waals surface area contributed by atoms with Gasteiger partial charge in [0.25, 0.3) is 0 Å². The van der Waals surface area contributed by atoms with Gasteiger partial charge in [0.2, 0.25) is 0 Å². The van der Waals surface area contributed by atoms with Gasteiger partial charge in [-0.05, 0) is 49.7 Å². The molecule has 0 bridgehead atoms. The lowest BCUT2D eigenvalue weighted by Gasteiger charge is -2.27. The van der Waals surface area contributed by atoms with E-state index in [2.05, 4.69) is 10.6 Å². The smallest absolute Gasteiger partial charge is 0.319 e. The Bertz CT molecular complexity index is 687. The van der Waals surface area contributed by atoms with Gasteiger partial charge in [0, 0.05) is 5.02 Å². The Balaban J connectivity index is 2.10. The summed E-state index contributed by atoms with van der Waals surface area (Å²) in [5.41, 5.74) is 0.519. The number of anilines is 1. The predicted molar refractivity (Wildman–Crippen MR) is 88.0 cm³/mol. The van der Waals surface area contributed by atoms with Crippen molar-refractivity contribution in [1.82, 2.24) is 5.32 Å². The van der Waals surface area contributed by atoms with Crippen LogP contribution in [0.15, 0.2) is 42.5 Å². The van der Waals surface area contributed by atoms with E-state index in [0.717, 1.165) is 5.56 Å². The fourth-order valence-electron chi connectivity index (χ4n) is 1.97. The maximum Gasteiger partial charge on any atom is 0.319 e. The molecule has 0 aromatic heterocycles. The molecule has 0 heterocycles. The van der Waals surface area contributed by atoms with Crippen molar-refractivity contribution in [3.63, 3.8) is 0 Å². The van der Waals surface area contributed by atoms with E-state index in [9.17, 15) is 9.18 Å². The number of nitrogens with one attached hydrogen (secondary N) is 2. The lowest BCUT2D eigenvalue weighted by atomic mass is 9.94. The summed E-state index contributed by atoms with van der Waals surface area (Å²) < 4.78 is 13.0. The minimum atomic E-state index is -0.678. The minimum absolute atomic E-state index is 0.324. The molecule has 0 saturated carbocycles. The molecule has 0 saturated heterocycles. The number of carbonyl (C=O) groups is 1. The van der Waals surface area contributed by atoms with Gasteiger partial charge in [-0.1, -0.05) is 35.3 Å². The molecule has 2 N–H and O–H groups in total. The molecule has 3 nitrogen and oxygen atoms in total. The number of amides is 2. The van der Waals surface area contributed by atoms with Crippen molar-refractivity contribution < 1.29 is 9.18 Å². The highest BCUT2D eigenvalue weighted by atomic mass is 35.5. The maximum atomic E-state index is 13.0. The van der Waals surface area contributed by atoms with Gasteiger partial charge in [-0.2, -0.15) is 0 Å². The quantitative estimate of drug-likeness (QED) is 0.793. The second-order valence-corrected chi connectivity index (χ2v) is 6.18. The summed E-state index contributed by atoms with van der Waals surface area (Å²) in [6, 6.07) is 10.3. The molecule has 2 amide bonds. The lowest BCUT2D eigenvalue weighted by molar-refractivity contribution is 0.242. The molecule has 0 atom stereocenters. The van der Waals surface area contributed by atoms with E-state index in [4.69, 9.17) is 23.2 Å². The van der Waals surface area contributed by atoms with E-state index in [1.54, 1.807) is 30.3 Å². The van der Waals surface area contributed by atoms with Gasteiger partial charge >= 0.3 is 6.03 Å². The number of urea groups is 1. The van der Waals surface area contributed by atoms with E-state index in [1.807, 2.05) is 13.8 Å². The van der Waals surface area contributed by atoms with Crippen molar-refractivity contribution in [3.8, 4) is 0 Å². The molecule has 0 aliphatic carbocycles. The van der Waals surface area contributed by atoms with E-state index in [1.165, 1.54) is 12.1 Å². The number of halogens is 3. The van der Waals surface area contributed by atoms with Crippen LogP contribution >= 0.6 is 23.2 Å². The summed E-state index contributed by atoms with van der Waals surface area (Å²) in [6.45, 7) is 3.64. The van der Waals surface area contributed by atoms with Crippen LogP contribution < -0.4 is 10.6 Å². The molecule has 2 aromatic carbocycles. The van der Waals surface area contributed by atoms with Crippen LogP contribution in [-0.4, -0.2) is 6.03 Å². The highest BCUT2D eigenvalue weighted by Crippen LogP contribution is 2.26. The average Bonchev–Trinajstić information content (AvgIpc) is 2.42. The Labute approximate surface area is 138 Å². The highest BCUT2D eigenvalue weighted by molar-refractivity contribution is 6.35. The molecular formula is C16H15Cl2FN2O. The predicted octanol–water partition coefficient (Wildman–Crippen LogP) is 5.19.